The molecule has 5 heteroatoms. The molecule has 1 aliphatic carbocycles. The summed E-state index contributed by atoms with van der Waals surface area (Å²) in [6.07, 6.45) is 5.45. The molecule has 4 nitrogen and oxygen atoms in total. The second kappa shape index (κ2) is 5.61. The molecule has 2 atom stereocenters. The highest BCUT2D eigenvalue weighted by molar-refractivity contribution is 6.30. The van der Waals surface area contributed by atoms with Crippen molar-refractivity contribution in [2.45, 2.75) is 51.2 Å². The predicted octanol–water partition coefficient (Wildman–Crippen LogP) is 4.09. The van der Waals surface area contributed by atoms with E-state index in [0.29, 0.717) is 6.42 Å². The van der Waals surface area contributed by atoms with Crippen LogP contribution in [0.1, 0.15) is 60.9 Å². The van der Waals surface area contributed by atoms with Crippen LogP contribution in [0.5, 0.6) is 0 Å². The molecule has 25 heavy (non-hydrogen) atoms. The van der Waals surface area contributed by atoms with Gasteiger partial charge in [0.05, 0.1) is 6.04 Å². The largest absolute Gasteiger partial charge is 0.324 e. The van der Waals surface area contributed by atoms with Crippen molar-refractivity contribution in [1.82, 2.24) is 14.6 Å². The number of aryl methyl sites for hydroxylation is 1. The Kier molecular flexibility index (Phi) is 3.47. The summed E-state index contributed by atoms with van der Waals surface area (Å²) in [6, 6.07) is 10.6. The first-order valence-corrected chi connectivity index (χ1v) is 9.60. The normalized spacial score (nSPS) is 25.7. The second-order valence-electron chi connectivity index (χ2n) is 7.36. The Balaban J connectivity index is 1.72. The Morgan fingerprint density at radius 2 is 1.84 bits per heavy atom. The molecule has 2 aliphatic heterocycles. The van der Waals surface area contributed by atoms with Crippen molar-refractivity contribution < 1.29 is 4.79 Å². The SMILES string of the molecule is C[C@H]1N2C(=O)CCN2[C@H](c2ccc(Cl)cc2)c2cc3c(n21)CCCC3. The van der Waals surface area contributed by atoms with Crippen LogP contribution in [0.4, 0.5) is 0 Å². The van der Waals surface area contributed by atoms with Crippen LogP contribution in [0.25, 0.3) is 0 Å². The first-order valence-electron chi connectivity index (χ1n) is 9.22. The standard InChI is InChI=1S/C20H22ClN3O/c1-13-23-17-5-3-2-4-15(17)12-18(23)20(14-6-8-16(21)9-7-14)22-11-10-19(25)24(13)22/h6-9,12-13,20H,2-5,10-11H2,1H3/t13-,20-/m1/s1. The van der Waals surface area contributed by atoms with E-state index in [2.05, 4.69) is 34.7 Å². The Bertz CT molecular complexity index is 841. The van der Waals surface area contributed by atoms with Gasteiger partial charge in [0.2, 0.25) is 5.91 Å². The number of hydrogen-bond donors (Lipinski definition) is 0. The molecule has 0 radical (unpaired) electrons. The third-order valence-corrected chi connectivity index (χ3v) is 6.20. The number of benzene rings is 1. The Morgan fingerprint density at radius 3 is 2.64 bits per heavy atom. The zero-order chi connectivity index (χ0) is 17.1. The van der Waals surface area contributed by atoms with Gasteiger partial charge in [-0.25, -0.2) is 5.01 Å². The molecule has 5 rings (SSSR count). The van der Waals surface area contributed by atoms with Crippen LogP contribution in [0.15, 0.2) is 30.3 Å². The molecule has 2 aromatic rings. The van der Waals surface area contributed by atoms with E-state index in [1.54, 1.807) is 0 Å². The lowest BCUT2D eigenvalue weighted by Crippen LogP contribution is -2.50. The van der Waals surface area contributed by atoms with Gasteiger partial charge in [0, 0.05) is 29.4 Å². The number of carbonyl (C=O) groups is 1. The molecule has 1 aromatic heterocycles. The molecular formula is C20H22ClN3O. The maximum atomic E-state index is 12.6. The predicted molar refractivity (Wildman–Crippen MR) is 97.2 cm³/mol. The average molecular weight is 356 g/mol. The van der Waals surface area contributed by atoms with Crippen LogP contribution >= 0.6 is 11.6 Å². The number of aromatic nitrogens is 1. The van der Waals surface area contributed by atoms with Gasteiger partial charge in [0.25, 0.3) is 0 Å². The fourth-order valence-corrected chi connectivity index (χ4v) is 5.03. The molecule has 1 saturated heterocycles. The van der Waals surface area contributed by atoms with E-state index in [4.69, 9.17) is 11.6 Å². The van der Waals surface area contributed by atoms with E-state index in [-0.39, 0.29) is 18.1 Å². The van der Waals surface area contributed by atoms with Crippen molar-refractivity contribution >= 4 is 17.5 Å². The minimum Gasteiger partial charge on any atom is -0.324 e. The van der Waals surface area contributed by atoms with E-state index in [9.17, 15) is 4.79 Å². The summed E-state index contributed by atoms with van der Waals surface area (Å²) in [7, 11) is 0. The van der Waals surface area contributed by atoms with Crippen molar-refractivity contribution in [3.63, 3.8) is 0 Å². The van der Waals surface area contributed by atoms with Crippen molar-refractivity contribution in [1.29, 1.82) is 0 Å². The summed E-state index contributed by atoms with van der Waals surface area (Å²) in [4.78, 5) is 12.6. The molecule has 3 aliphatic rings. The smallest absolute Gasteiger partial charge is 0.240 e. The molecule has 130 valence electrons. The monoisotopic (exact) mass is 355 g/mol. The maximum Gasteiger partial charge on any atom is 0.240 e. The van der Waals surface area contributed by atoms with E-state index < -0.39 is 0 Å². The number of hydrogen-bond acceptors (Lipinski definition) is 2. The van der Waals surface area contributed by atoms with Gasteiger partial charge in [-0.2, -0.15) is 0 Å². The molecule has 0 spiro atoms. The molecule has 1 fully saturated rings. The summed E-state index contributed by atoms with van der Waals surface area (Å²) in [5.41, 5.74) is 5.44. The minimum atomic E-state index is 0.0652. The number of fused-ring (bicyclic) bond motifs is 4. The van der Waals surface area contributed by atoms with Crippen LogP contribution in [-0.2, 0) is 17.6 Å². The zero-order valence-electron chi connectivity index (χ0n) is 14.4. The fraction of sp³-hybridized carbons (Fsp3) is 0.450. The second-order valence-corrected chi connectivity index (χ2v) is 7.79. The number of amides is 1. The lowest BCUT2D eigenvalue weighted by molar-refractivity contribution is -0.154. The van der Waals surface area contributed by atoms with Gasteiger partial charge in [-0.1, -0.05) is 23.7 Å². The maximum absolute atomic E-state index is 12.6. The highest BCUT2D eigenvalue weighted by Gasteiger charge is 2.45. The van der Waals surface area contributed by atoms with Gasteiger partial charge in [0.1, 0.15) is 6.17 Å². The number of halogens is 1. The lowest BCUT2D eigenvalue weighted by Gasteiger charge is -2.45. The Hall–Kier alpha value is -1.78. The first kappa shape index (κ1) is 15.5. The topological polar surface area (TPSA) is 28.5 Å². The zero-order valence-corrected chi connectivity index (χ0v) is 15.2. The van der Waals surface area contributed by atoms with E-state index >= 15 is 0 Å². The van der Waals surface area contributed by atoms with E-state index in [1.165, 1.54) is 35.4 Å². The van der Waals surface area contributed by atoms with Crippen molar-refractivity contribution in [3.8, 4) is 0 Å². The van der Waals surface area contributed by atoms with Crippen LogP contribution in [-0.4, -0.2) is 27.0 Å². The Labute approximate surface area is 152 Å². The van der Waals surface area contributed by atoms with Gasteiger partial charge in [0.15, 0.2) is 0 Å². The number of nitrogens with zero attached hydrogens (tertiary/aromatic N) is 3. The van der Waals surface area contributed by atoms with Gasteiger partial charge in [-0.05, 0) is 61.9 Å². The molecule has 0 N–H and O–H groups in total. The third-order valence-electron chi connectivity index (χ3n) is 5.95. The van der Waals surface area contributed by atoms with Crippen LogP contribution in [0, 0.1) is 0 Å². The Morgan fingerprint density at radius 1 is 1.08 bits per heavy atom. The summed E-state index contributed by atoms with van der Waals surface area (Å²) in [6.45, 7) is 2.94. The molecule has 1 aromatic carbocycles. The molecule has 1 amide bonds. The van der Waals surface area contributed by atoms with Crippen LogP contribution in [0.3, 0.4) is 0 Å². The molecule has 0 unspecified atom stereocenters. The molecule has 0 saturated carbocycles. The molecule has 3 heterocycles. The number of hydrazine groups is 1. The quantitative estimate of drug-likeness (QED) is 0.770. The summed E-state index contributed by atoms with van der Waals surface area (Å²) < 4.78 is 2.44. The van der Waals surface area contributed by atoms with Crippen LogP contribution in [0.2, 0.25) is 5.02 Å². The highest BCUT2D eigenvalue weighted by Crippen LogP contribution is 2.44. The highest BCUT2D eigenvalue weighted by atomic mass is 35.5. The van der Waals surface area contributed by atoms with Crippen molar-refractivity contribution in [2.75, 3.05) is 6.54 Å². The lowest BCUT2D eigenvalue weighted by atomic mass is 9.97. The molecule has 0 bridgehead atoms. The third kappa shape index (κ3) is 2.20. The van der Waals surface area contributed by atoms with Gasteiger partial charge in [-0.15, -0.1) is 0 Å². The summed E-state index contributed by atoms with van der Waals surface area (Å²) >= 11 is 6.11. The summed E-state index contributed by atoms with van der Waals surface area (Å²) in [5, 5.41) is 5.00. The number of rotatable bonds is 1. The van der Waals surface area contributed by atoms with Crippen molar-refractivity contribution in [3.05, 3.63) is 57.9 Å². The van der Waals surface area contributed by atoms with E-state index in [0.717, 1.165) is 24.4 Å². The van der Waals surface area contributed by atoms with Gasteiger partial charge in [-0.3, -0.25) is 9.80 Å². The van der Waals surface area contributed by atoms with Crippen LogP contribution < -0.4 is 0 Å². The van der Waals surface area contributed by atoms with Gasteiger partial charge < -0.3 is 4.57 Å². The van der Waals surface area contributed by atoms with Gasteiger partial charge >= 0.3 is 0 Å². The number of carbonyl (C=O) groups excluding carboxylic acids is 1. The fourth-order valence-electron chi connectivity index (χ4n) is 4.90. The first-order chi connectivity index (χ1) is 12.1. The van der Waals surface area contributed by atoms with E-state index in [1.807, 2.05) is 17.1 Å². The molecular weight excluding hydrogens is 334 g/mol. The van der Waals surface area contributed by atoms with Crippen molar-refractivity contribution in [2.24, 2.45) is 0 Å². The average Bonchev–Trinajstić information content (AvgIpc) is 3.18. The minimum absolute atomic E-state index is 0.0652. The summed E-state index contributed by atoms with van der Waals surface area (Å²) in [5.74, 6) is 0.232.